The lowest BCUT2D eigenvalue weighted by Gasteiger charge is -2.25. The fraction of sp³-hybridized carbons (Fsp3) is 0.923. The first-order valence-electron chi connectivity index (χ1n) is 6.68. The van der Waals surface area contributed by atoms with E-state index in [9.17, 15) is 4.79 Å². The quantitative estimate of drug-likeness (QED) is 0.794. The summed E-state index contributed by atoms with van der Waals surface area (Å²) >= 11 is 0. The van der Waals surface area contributed by atoms with Gasteiger partial charge in [0.1, 0.15) is 5.78 Å². The molecule has 0 aromatic carbocycles. The van der Waals surface area contributed by atoms with E-state index < -0.39 is 0 Å². The molecule has 0 aromatic heterocycles. The number of ketones is 1. The van der Waals surface area contributed by atoms with Crippen molar-refractivity contribution >= 4 is 5.78 Å². The van der Waals surface area contributed by atoms with Crippen molar-refractivity contribution in [2.24, 2.45) is 5.92 Å². The second-order valence-corrected chi connectivity index (χ2v) is 5.15. The monoisotopic (exact) mass is 225 g/mol. The third-order valence-electron chi connectivity index (χ3n) is 3.70. The molecule has 1 unspecified atom stereocenters. The van der Waals surface area contributed by atoms with Gasteiger partial charge in [-0.1, -0.05) is 32.1 Å². The van der Waals surface area contributed by atoms with Gasteiger partial charge in [0.25, 0.3) is 0 Å². The van der Waals surface area contributed by atoms with Crippen LogP contribution in [0.4, 0.5) is 0 Å². The summed E-state index contributed by atoms with van der Waals surface area (Å²) in [5.41, 5.74) is 0. The topological polar surface area (TPSA) is 38.3 Å². The Morgan fingerprint density at radius 2 is 2.00 bits per heavy atom. The van der Waals surface area contributed by atoms with Gasteiger partial charge in [0.05, 0.1) is 12.7 Å². The molecule has 3 nitrogen and oxygen atoms in total. The highest BCUT2D eigenvalue weighted by molar-refractivity contribution is 5.79. The maximum atomic E-state index is 11.9. The molecular weight excluding hydrogens is 202 g/mol. The first-order chi connectivity index (χ1) is 7.84. The number of ether oxygens (including phenoxy) is 1. The average molecular weight is 225 g/mol. The van der Waals surface area contributed by atoms with Gasteiger partial charge in [-0.3, -0.25) is 4.79 Å². The van der Waals surface area contributed by atoms with E-state index in [-0.39, 0.29) is 6.10 Å². The average Bonchev–Trinajstić information content (AvgIpc) is 2.31. The lowest BCUT2D eigenvalue weighted by molar-refractivity contribution is -0.123. The Kier molecular flexibility index (Phi) is 4.79. The molecule has 92 valence electrons. The molecule has 0 radical (unpaired) electrons. The molecule has 16 heavy (non-hydrogen) atoms. The molecule has 0 bridgehead atoms. The number of morpholine rings is 1. The van der Waals surface area contributed by atoms with Crippen LogP contribution in [0.2, 0.25) is 0 Å². The van der Waals surface area contributed by atoms with Crippen molar-refractivity contribution in [3.05, 3.63) is 0 Å². The Morgan fingerprint density at radius 3 is 2.69 bits per heavy atom. The number of hydrogen-bond donors (Lipinski definition) is 1. The smallest absolute Gasteiger partial charge is 0.135 e. The van der Waals surface area contributed by atoms with Crippen LogP contribution in [0.15, 0.2) is 0 Å². The zero-order valence-electron chi connectivity index (χ0n) is 10.0. The first kappa shape index (κ1) is 12.1. The van der Waals surface area contributed by atoms with Gasteiger partial charge in [0.15, 0.2) is 0 Å². The normalized spacial score (nSPS) is 27.9. The molecule has 3 heteroatoms. The molecular formula is C13H23NO2. The Bertz CT molecular complexity index is 196. The van der Waals surface area contributed by atoms with E-state index >= 15 is 0 Å². The molecule has 0 amide bonds. The minimum absolute atomic E-state index is 0.129. The predicted molar refractivity (Wildman–Crippen MR) is 63.4 cm³/mol. The summed E-state index contributed by atoms with van der Waals surface area (Å²) in [6.07, 6.45) is 8.05. The molecule has 0 aromatic rings. The van der Waals surface area contributed by atoms with Crippen LogP contribution in [0.1, 0.15) is 44.9 Å². The molecule has 1 saturated carbocycles. The lowest BCUT2D eigenvalue weighted by atomic mass is 9.85. The second-order valence-electron chi connectivity index (χ2n) is 5.15. The van der Waals surface area contributed by atoms with Crippen molar-refractivity contribution in [3.63, 3.8) is 0 Å². The van der Waals surface area contributed by atoms with Crippen molar-refractivity contribution in [1.29, 1.82) is 0 Å². The van der Waals surface area contributed by atoms with Crippen LogP contribution in [-0.4, -0.2) is 31.6 Å². The van der Waals surface area contributed by atoms with E-state index in [0.29, 0.717) is 18.1 Å². The molecule has 1 aliphatic carbocycles. The van der Waals surface area contributed by atoms with Crippen LogP contribution < -0.4 is 5.32 Å². The van der Waals surface area contributed by atoms with Crippen molar-refractivity contribution in [2.45, 2.75) is 51.0 Å². The van der Waals surface area contributed by atoms with Gasteiger partial charge in [-0.2, -0.15) is 0 Å². The van der Waals surface area contributed by atoms with E-state index in [1.807, 2.05) is 0 Å². The molecule has 0 spiro atoms. The molecule has 1 N–H and O–H groups in total. The van der Waals surface area contributed by atoms with Crippen LogP contribution >= 0.6 is 0 Å². The zero-order valence-corrected chi connectivity index (χ0v) is 10.0. The lowest BCUT2D eigenvalue weighted by Crippen LogP contribution is -2.39. The number of carbonyl (C=O) groups is 1. The molecule has 1 saturated heterocycles. The minimum Gasteiger partial charge on any atom is -0.375 e. The summed E-state index contributed by atoms with van der Waals surface area (Å²) in [5.74, 6) is 1.07. The van der Waals surface area contributed by atoms with Crippen molar-refractivity contribution in [1.82, 2.24) is 5.32 Å². The SMILES string of the molecule is O=C(CC1CCCCC1)CC1CNCCO1. The molecule has 1 aliphatic heterocycles. The number of Topliss-reactive ketones (excluding diaryl/α,β-unsaturated/α-hetero) is 1. The Balaban J connectivity index is 1.66. The van der Waals surface area contributed by atoms with Crippen molar-refractivity contribution in [3.8, 4) is 0 Å². The number of hydrogen-bond acceptors (Lipinski definition) is 3. The predicted octanol–water partition coefficient (Wildman–Crippen LogP) is 1.90. The third-order valence-corrected chi connectivity index (χ3v) is 3.70. The summed E-state index contributed by atoms with van der Waals surface area (Å²) in [7, 11) is 0. The van der Waals surface area contributed by atoms with Crippen LogP contribution in [0.3, 0.4) is 0 Å². The van der Waals surface area contributed by atoms with Gasteiger partial charge in [-0.05, 0) is 5.92 Å². The third kappa shape index (κ3) is 3.87. The fourth-order valence-corrected chi connectivity index (χ4v) is 2.80. The summed E-state index contributed by atoms with van der Waals surface area (Å²) in [6.45, 7) is 2.52. The molecule has 2 fully saturated rings. The number of rotatable bonds is 4. The van der Waals surface area contributed by atoms with Crippen LogP contribution in [-0.2, 0) is 9.53 Å². The highest BCUT2D eigenvalue weighted by Gasteiger charge is 2.21. The number of carbonyl (C=O) groups excluding carboxylic acids is 1. The molecule has 2 aliphatic rings. The van der Waals surface area contributed by atoms with Crippen LogP contribution in [0.5, 0.6) is 0 Å². The standard InChI is InChI=1S/C13H23NO2/c15-12(8-11-4-2-1-3-5-11)9-13-10-14-6-7-16-13/h11,13-14H,1-10H2. The molecule has 1 atom stereocenters. The maximum Gasteiger partial charge on any atom is 0.135 e. The van der Waals surface area contributed by atoms with E-state index in [4.69, 9.17) is 4.74 Å². The minimum atomic E-state index is 0.129. The summed E-state index contributed by atoms with van der Waals surface area (Å²) in [5, 5.41) is 3.27. The fourth-order valence-electron chi connectivity index (χ4n) is 2.80. The first-order valence-corrected chi connectivity index (χ1v) is 6.68. The van der Waals surface area contributed by atoms with Crippen LogP contribution in [0, 0.1) is 5.92 Å². The molecule has 1 heterocycles. The number of nitrogens with one attached hydrogen (secondary N) is 1. The van der Waals surface area contributed by atoms with E-state index in [2.05, 4.69) is 5.32 Å². The van der Waals surface area contributed by atoms with Gasteiger partial charge in [0.2, 0.25) is 0 Å². The Morgan fingerprint density at radius 1 is 1.19 bits per heavy atom. The Hall–Kier alpha value is -0.410. The second kappa shape index (κ2) is 6.36. The van der Waals surface area contributed by atoms with Gasteiger partial charge in [-0.15, -0.1) is 0 Å². The van der Waals surface area contributed by atoms with E-state index in [1.54, 1.807) is 0 Å². The molecule has 2 rings (SSSR count). The highest BCUT2D eigenvalue weighted by atomic mass is 16.5. The van der Waals surface area contributed by atoms with Gasteiger partial charge >= 0.3 is 0 Å². The van der Waals surface area contributed by atoms with Gasteiger partial charge in [-0.25, -0.2) is 0 Å². The Labute approximate surface area is 97.9 Å². The van der Waals surface area contributed by atoms with E-state index in [0.717, 1.165) is 26.1 Å². The largest absolute Gasteiger partial charge is 0.375 e. The highest BCUT2D eigenvalue weighted by Crippen LogP contribution is 2.27. The van der Waals surface area contributed by atoms with Gasteiger partial charge in [0, 0.05) is 25.9 Å². The summed E-state index contributed by atoms with van der Waals surface area (Å²) in [4.78, 5) is 11.9. The van der Waals surface area contributed by atoms with Crippen molar-refractivity contribution < 1.29 is 9.53 Å². The summed E-state index contributed by atoms with van der Waals surface area (Å²) < 4.78 is 5.55. The summed E-state index contributed by atoms with van der Waals surface area (Å²) in [6, 6.07) is 0. The van der Waals surface area contributed by atoms with Gasteiger partial charge < -0.3 is 10.1 Å². The van der Waals surface area contributed by atoms with E-state index in [1.165, 1.54) is 32.1 Å². The van der Waals surface area contributed by atoms with Crippen molar-refractivity contribution in [2.75, 3.05) is 19.7 Å². The maximum absolute atomic E-state index is 11.9. The van der Waals surface area contributed by atoms with Crippen LogP contribution in [0.25, 0.3) is 0 Å². The zero-order chi connectivity index (χ0) is 11.2.